The lowest BCUT2D eigenvalue weighted by molar-refractivity contribution is 0.130. The summed E-state index contributed by atoms with van der Waals surface area (Å²) in [5.41, 5.74) is 0. The van der Waals surface area contributed by atoms with Crippen LogP contribution in [0.4, 0.5) is 0 Å². The monoisotopic (exact) mass is 263 g/mol. The molecule has 0 N–H and O–H groups in total. The third-order valence-corrected chi connectivity index (χ3v) is 2.55. The van der Waals surface area contributed by atoms with Gasteiger partial charge in [-0.05, 0) is 29.6 Å². The highest BCUT2D eigenvalue weighted by atomic mass is 127. The van der Waals surface area contributed by atoms with Crippen LogP contribution in [0.2, 0.25) is 0 Å². The first-order chi connectivity index (χ1) is 5.25. The lowest BCUT2D eigenvalue weighted by Gasteiger charge is -2.35. The first kappa shape index (κ1) is 7.54. The van der Waals surface area contributed by atoms with E-state index in [2.05, 4.69) is 50.5 Å². The van der Waals surface area contributed by atoms with Crippen molar-refractivity contribution >= 4 is 22.6 Å². The van der Waals surface area contributed by atoms with Crippen LogP contribution in [0.1, 0.15) is 6.04 Å². The smallest absolute Gasteiger partial charge is 0.0772 e. The Morgan fingerprint density at radius 3 is 2.82 bits per heavy atom. The molecule has 0 radical (unpaired) electrons. The van der Waals surface area contributed by atoms with Crippen molar-refractivity contribution in [2.75, 3.05) is 20.1 Å². The Balaban J connectivity index is 2.07. The normalized spacial score (nSPS) is 20.2. The molecule has 1 aromatic rings. The molecular weight excluding hydrogens is 253 g/mol. The van der Waals surface area contributed by atoms with Gasteiger partial charge in [-0.1, -0.05) is 0 Å². The summed E-state index contributed by atoms with van der Waals surface area (Å²) in [5.74, 6) is 0. The van der Waals surface area contributed by atoms with Gasteiger partial charge >= 0.3 is 0 Å². The van der Waals surface area contributed by atoms with Crippen LogP contribution in [-0.2, 0) is 0 Å². The molecule has 0 amide bonds. The summed E-state index contributed by atoms with van der Waals surface area (Å²) in [6.45, 7) is 2.27. The van der Waals surface area contributed by atoms with Crippen molar-refractivity contribution in [1.29, 1.82) is 0 Å². The standard InChI is InChI=1S/C7H10IN3/c1-10-4-7(5-10)11-3-6(8)2-9-11/h2-3,7H,4-5H2,1H3. The van der Waals surface area contributed by atoms with E-state index in [4.69, 9.17) is 0 Å². The van der Waals surface area contributed by atoms with E-state index in [9.17, 15) is 0 Å². The van der Waals surface area contributed by atoms with Crippen molar-refractivity contribution < 1.29 is 0 Å². The Kier molecular flexibility index (Phi) is 1.88. The van der Waals surface area contributed by atoms with E-state index in [1.807, 2.05) is 6.20 Å². The minimum Gasteiger partial charge on any atom is -0.302 e. The van der Waals surface area contributed by atoms with E-state index >= 15 is 0 Å². The maximum atomic E-state index is 4.25. The molecule has 2 rings (SSSR count). The maximum absolute atomic E-state index is 4.25. The summed E-state index contributed by atoms with van der Waals surface area (Å²) in [6.07, 6.45) is 4.00. The Hall–Kier alpha value is -0.100. The van der Waals surface area contributed by atoms with Gasteiger partial charge in [0.2, 0.25) is 0 Å². The predicted molar refractivity (Wildman–Crippen MR) is 51.5 cm³/mol. The maximum Gasteiger partial charge on any atom is 0.0772 e. The molecule has 1 aliphatic heterocycles. The van der Waals surface area contributed by atoms with Crippen molar-refractivity contribution in [1.82, 2.24) is 14.7 Å². The molecule has 1 aliphatic rings. The lowest BCUT2D eigenvalue weighted by atomic mass is 10.1. The summed E-state index contributed by atoms with van der Waals surface area (Å²) in [4.78, 5) is 2.29. The second kappa shape index (κ2) is 2.75. The predicted octanol–water partition coefficient (Wildman–Crippen LogP) is 0.974. The molecule has 11 heavy (non-hydrogen) atoms. The lowest BCUT2D eigenvalue weighted by Crippen LogP contribution is -2.45. The molecule has 2 heterocycles. The number of rotatable bonds is 1. The van der Waals surface area contributed by atoms with Gasteiger partial charge in [0.05, 0.1) is 15.8 Å². The van der Waals surface area contributed by atoms with Crippen LogP contribution in [0.5, 0.6) is 0 Å². The van der Waals surface area contributed by atoms with E-state index < -0.39 is 0 Å². The highest BCUT2D eigenvalue weighted by Crippen LogP contribution is 2.18. The summed E-state index contributed by atoms with van der Waals surface area (Å²) < 4.78 is 3.28. The topological polar surface area (TPSA) is 21.1 Å². The molecule has 1 saturated heterocycles. The van der Waals surface area contributed by atoms with Crippen molar-refractivity contribution in [3.05, 3.63) is 16.0 Å². The second-order valence-electron chi connectivity index (χ2n) is 3.01. The summed E-state index contributed by atoms with van der Waals surface area (Å²) in [6, 6.07) is 0.614. The van der Waals surface area contributed by atoms with Gasteiger partial charge in [-0.3, -0.25) is 4.68 Å². The van der Waals surface area contributed by atoms with Gasteiger partial charge in [-0.15, -0.1) is 0 Å². The molecule has 1 fully saturated rings. The average molecular weight is 263 g/mol. The van der Waals surface area contributed by atoms with Crippen LogP contribution in [0.15, 0.2) is 12.4 Å². The van der Waals surface area contributed by atoms with Gasteiger partial charge in [0.1, 0.15) is 0 Å². The number of hydrogen-bond donors (Lipinski definition) is 0. The zero-order chi connectivity index (χ0) is 7.84. The van der Waals surface area contributed by atoms with Crippen LogP contribution >= 0.6 is 22.6 Å². The first-order valence-electron chi connectivity index (χ1n) is 3.64. The summed E-state index contributed by atoms with van der Waals surface area (Å²) in [5, 5.41) is 4.25. The minimum absolute atomic E-state index is 0.614. The van der Waals surface area contributed by atoms with E-state index in [0.29, 0.717) is 6.04 Å². The van der Waals surface area contributed by atoms with Gasteiger partial charge in [-0.25, -0.2) is 0 Å². The van der Waals surface area contributed by atoms with Gasteiger partial charge in [0.25, 0.3) is 0 Å². The van der Waals surface area contributed by atoms with Crippen LogP contribution in [0, 0.1) is 3.57 Å². The summed E-state index contributed by atoms with van der Waals surface area (Å²) >= 11 is 2.28. The second-order valence-corrected chi connectivity index (χ2v) is 4.26. The molecular formula is C7H10IN3. The molecule has 60 valence electrons. The van der Waals surface area contributed by atoms with Crippen molar-refractivity contribution in [3.8, 4) is 0 Å². The van der Waals surface area contributed by atoms with Crippen LogP contribution < -0.4 is 0 Å². The van der Waals surface area contributed by atoms with E-state index in [0.717, 1.165) is 13.1 Å². The molecule has 0 saturated carbocycles. The average Bonchev–Trinajstić information content (AvgIpc) is 2.29. The highest BCUT2D eigenvalue weighted by molar-refractivity contribution is 14.1. The van der Waals surface area contributed by atoms with Crippen LogP contribution in [-0.4, -0.2) is 34.8 Å². The zero-order valence-electron chi connectivity index (χ0n) is 6.37. The van der Waals surface area contributed by atoms with Gasteiger partial charge in [0, 0.05) is 19.3 Å². The fourth-order valence-electron chi connectivity index (χ4n) is 1.35. The molecule has 4 heteroatoms. The SMILES string of the molecule is CN1CC(n2cc(I)cn2)C1. The molecule has 0 unspecified atom stereocenters. The van der Waals surface area contributed by atoms with Crippen LogP contribution in [0.25, 0.3) is 0 Å². The number of hydrogen-bond acceptors (Lipinski definition) is 2. The van der Waals surface area contributed by atoms with Gasteiger partial charge < -0.3 is 4.90 Å². The fraction of sp³-hybridized carbons (Fsp3) is 0.571. The number of likely N-dealkylation sites (tertiary alicyclic amines) is 1. The molecule has 1 aromatic heterocycles. The van der Waals surface area contributed by atoms with Crippen molar-refractivity contribution in [2.24, 2.45) is 0 Å². The number of likely N-dealkylation sites (N-methyl/N-ethyl adjacent to an activating group) is 1. The zero-order valence-corrected chi connectivity index (χ0v) is 8.52. The van der Waals surface area contributed by atoms with Crippen LogP contribution in [0.3, 0.4) is 0 Å². The number of nitrogens with zero attached hydrogens (tertiary/aromatic N) is 3. The molecule has 0 spiro atoms. The number of aromatic nitrogens is 2. The Morgan fingerprint density at radius 1 is 1.64 bits per heavy atom. The number of halogens is 1. The fourth-order valence-corrected chi connectivity index (χ4v) is 1.76. The molecule has 0 aliphatic carbocycles. The van der Waals surface area contributed by atoms with Gasteiger partial charge in [-0.2, -0.15) is 5.10 Å². The Morgan fingerprint density at radius 2 is 2.36 bits per heavy atom. The third-order valence-electron chi connectivity index (χ3n) is 1.99. The molecule has 3 nitrogen and oxygen atoms in total. The summed E-state index contributed by atoms with van der Waals surface area (Å²) in [7, 11) is 2.13. The van der Waals surface area contributed by atoms with Crippen molar-refractivity contribution in [2.45, 2.75) is 6.04 Å². The van der Waals surface area contributed by atoms with Crippen molar-refractivity contribution in [3.63, 3.8) is 0 Å². The van der Waals surface area contributed by atoms with E-state index in [1.54, 1.807) is 0 Å². The highest BCUT2D eigenvalue weighted by Gasteiger charge is 2.24. The van der Waals surface area contributed by atoms with Gasteiger partial charge in [0.15, 0.2) is 0 Å². The molecule has 0 bridgehead atoms. The Labute approximate surface area is 79.5 Å². The quantitative estimate of drug-likeness (QED) is 0.704. The third kappa shape index (κ3) is 1.41. The molecule has 0 atom stereocenters. The first-order valence-corrected chi connectivity index (χ1v) is 4.72. The Bertz CT molecular complexity index is 252. The van der Waals surface area contributed by atoms with E-state index in [-0.39, 0.29) is 0 Å². The minimum atomic E-state index is 0.614. The molecule has 0 aromatic carbocycles. The van der Waals surface area contributed by atoms with E-state index in [1.165, 1.54) is 3.57 Å². The largest absolute Gasteiger partial charge is 0.302 e.